The first kappa shape index (κ1) is 15.6. The lowest BCUT2D eigenvalue weighted by Gasteiger charge is -2.20. The van der Waals surface area contributed by atoms with E-state index >= 15 is 0 Å². The van der Waals surface area contributed by atoms with Crippen LogP contribution in [0.3, 0.4) is 0 Å². The fraction of sp³-hybridized carbons (Fsp3) is 0.733. The molecule has 1 amide bonds. The maximum Gasteiger partial charge on any atom is 0.263 e. The quantitative estimate of drug-likeness (QED) is 0.467. The zero-order valence-corrected chi connectivity index (χ0v) is 12.3. The standard InChI is InChI=1S/C15H25N3O/c1-15(2,3)18-14(19)12(10-16)11-17-13-8-6-4-5-7-9-13/h11,13,17H,4-9H2,1-3H3,(H,18,19)/b12-11-. The lowest BCUT2D eigenvalue weighted by molar-refractivity contribution is -0.118. The van der Waals surface area contributed by atoms with Crippen molar-refractivity contribution < 1.29 is 4.79 Å². The van der Waals surface area contributed by atoms with E-state index in [0.29, 0.717) is 6.04 Å². The highest BCUT2D eigenvalue weighted by Crippen LogP contribution is 2.17. The summed E-state index contributed by atoms with van der Waals surface area (Å²) in [6.45, 7) is 5.70. The molecule has 0 aromatic carbocycles. The van der Waals surface area contributed by atoms with Crippen molar-refractivity contribution in [3.63, 3.8) is 0 Å². The van der Waals surface area contributed by atoms with Gasteiger partial charge < -0.3 is 10.6 Å². The minimum atomic E-state index is -0.324. The molecule has 0 atom stereocenters. The normalized spacial score (nSPS) is 18.3. The van der Waals surface area contributed by atoms with E-state index in [1.807, 2.05) is 26.8 Å². The van der Waals surface area contributed by atoms with E-state index in [9.17, 15) is 4.79 Å². The predicted octanol–water partition coefficient (Wildman–Crippen LogP) is 2.62. The molecule has 2 N–H and O–H groups in total. The highest BCUT2D eigenvalue weighted by atomic mass is 16.1. The Hall–Kier alpha value is -1.50. The Morgan fingerprint density at radius 2 is 1.79 bits per heavy atom. The van der Waals surface area contributed by atoms with E-state index in [2.05, 4.69) is 10.6 Å². The Kier molecular flexibility index (Phi) is 5.88. The third-order valence-corrected chi connectivity index (χ3v) is 3.17. The largest absolute Gasteiger partial charge is 0.387 e. The molecular formula is C15H25N3O. The van der Waals surface area contributed by atoms with Gasteiger partial charge >= 0.3 is 0 Å². The highest BCUT2D eigenvalue weighted by Gasteiger charge is 2.18. The zero-order chi connectivity index (χ0) is 14.3. The van der Waals surface area contributed by atoms with Crippen molar-refractivity contribution in [2.75, 3.05) is 0 Å². The molecule has 0 radical (unpaired) electrons. The Labute approximate surface area is 116 Å². The van der Waals surface area contributed by atoms with Crippen LogP contribution in [0.5, 0.6) is 0 Å². The summed E-state index contributed by atoms with van der Waals surface area (Å²) in [7, 11) is 0. The monoisotopic (exact) mass is 263 g/mol. The van der Waals surface area contributed by atoms with Gasteiger partial charge in [0.05, 0.1) is 0 Å². The SMILES string of the molecule is CC(C)(C)NC(=O)/C(C#N)=C\NC1CCCCCC1. The fourth-order valence-corrected chi connectivity index (χ4v) is 2.20. The second kappa shape index (κ2) is 7.18. The van der Waals surface area contributed by atoms with Gasteiger partial charge in [-0.05, 0) is 33.6 Å². The molecule has 1 fully saturated rings. The Morgan fingerprint density at radius 1 is 1.21 bits per heavy atom. The molecule has 0 aliphatic heterocycles. The predicted molar refractivity (Wildman–Crippen MR) is 76.2 cm³/mol. The van der Waals surface area contributed by atoms with Gasteiger partial charge in [0.2, 0.25) is 0 Å². The summed E-state index contributed by atoms with van der Waals surface area (Å²) in [5, 5.41) is 15.1. The summed E-state index contributed by atoms with van der Waals surface area (Å²) in [6, 6.07) is 2.36. The molecule has 4 nitrogen and oxygen atoms in total. The maximum atomic E-state index is 11.9. The number of nitrogens with one attached hydrogen (secondary N) is 2. The average Bonchev–Trinajstić information content (AvgIpc) is 2.56. The summed E-state index contributed by atoms with van der Waals surface area (Å²) in [6.07, 6.45) is 8.85. The lowest BCUT2D eigenvalue weighted by atomic mass is 10.1. The van der Waals surface area contributed by atoms with Crippen molar-refractivity contribution in [1.29, 1.82) is 5.26 Å². The van der Waals surface area contributed by atoms with Crippen LogP contribution in [0.15, 0.2) is 11.8 Å². The number of rotatable bonds is 3. The summed E-state index contributed by atoms with van der Waals surface area (Å²) in [4.78, 5) is 11.9. The zero-order valence-electron chi connectivity index (χ0n) is 12.3. The van der Waals surface area contributed by atoms with Gasteiger partial charge in [0, 0.05) is 17.8 Å². The highest BCUT2D eigenvalue weighted by molar-refractivity contribution is 5.97. The molecule has 0 bridgehead atoms. The Morgan fingerprint density at radius 3 is 2.26 bits per heavy atom. The van der Waals surface area contributed by atoms with Crippen LogP contribution in [0.1, 0.15) is 59.3 Å². The van der Waals surface area contributed by atoms with Gasteiger partial charge in [-0.2, -0.15) is 5.26 Å². The van der Waals surface area contributed by atoms with Gasteiger partial charge in [-0.25, -0.2) is 0 Å². The first-order valence-electron chi connectivity index (χ1n) is 7.11. The first-order valence-corrected chi connectivity index (χ1v) is 7.11. The van der Waals surface area contributed by atoms with Gasteiger partial charge in [0.25, 0.3) is 5.91 Å². The number of nitriles is 1. The number of amides is 1. The third kappa shape index (κ3) is 6.28. The molecule has 1 aliphatic rings. The van der Waals surface area contributed by atoms with E-state index in [1.54, 1.807) is 6.20 Å². The van der Waals surface area contributed by atoms with Crippen LogP contribution >= 0.6 is 0 Å². The van der Waals surface area contributed by atoms with Gasteiger partial charge in [0.15, 0.2) is 0 Å². The number of hydrogen-bond donors (Lipinski definition) is 2. The summed E-state index contributed by atoms with van der Waals surface area (Å²) < 4.78 is 0. The van der Waals surface area contributed by atoms with Crippen LogP contribution in [0, 0.1) is 11.3 Å². The number of carbonyl (C=O) groups is 1. The van der Waals surface area contributed by atoms with Crippen molar-refractivity contribution in [2.45, 2.75) is 70.9 Å². The maximum absolute atomic E-state index is 11.9. The summed E-state index contributed by atoms with van der Waals surface area (Å²) >= 11 is 0. The summed E-state index contributed by atoms with van der Waals surface area (Å²) in [5.74, 6) is -0.309. The number of carbonyl (C=O) groups excluding carboxylic acids is 1. The van der Waals surface area contributed by atoms with Gasteiger partial charge in [-0.3, -0.25) is 4.79 Å². The van der Waals surface area contributed by atoms with Crippen molar-refractivity contribution in [3.05, 3.63) is 11.8 Å². The van der Waals surface area contributed by atoms with Crippen LogP contribution in [0.4, 0.5) is 0 Å². The van der Waals surface area contributed by atoms with Gasteiger partial charge in [-0.15, -0.1) is 0 Å². The molecule has 0 aromatic heterocycles. The molecule has 1 aliphatic carbocycles. The minimum Gasteiger partial charge on any atom is -0.387 e. The van der Waals surface area contributed by atoms with E-state index in [1.165, 1.54) is 25.7 Å². The van der Waals surface area contributed by atoms with E-state index in [0.717, 1.165) is 12.8 Å². The third-order valence-electron chi connectivity index (χ3n) is 3.17. The summed E-state index contributed by atoms with van der Waals surface area (Å²) in [5.41, 5.74) is -0.172. The van der Waals surface area contributed by atoms with E-state index in [-0.39, 0.29) is 17.0 Å². The average molecular weight is 263 g/mol. The smallest absolute Gasteiger partial charge is 0.263 e. The van der Waals surface area contributed by atoms with Crippen molar-refractivity contribution in [2.24, 2.45) is 0 Å². The van der Waals surface area contributed by atoms with Crippen molar-refractivity contribution in [1.82, 2.24) is 10.6 Å². The second-order valence-electron chi connectivity index (χ2n) is 6.23. The molecule has 1 rings (SSSR count). The van der Waals surface area contributed by atoms with Gasteiger partial charge in [0.1, 0.15) is 11.6 Å². The van der Waals surface area contributed by atoms with Crippen molar-refractivity contribution in [3.8, 4) is 6.07 Å². The molecule has 4 heteroatoms. The van der Waals surface area contributed by atoms with E-state index in [4.69, 9.17) is 5.26 Å². The Bertz CT molecular complexity index is 366. The Balaban J connectivity index is 2.56. The minimum absolute atomic E-state index is 0.152. The van der Waals surface area contributed by atoms with Crippen LogP contribution in [0.25, 0.3) is 0 Å². The van der Waals surface area contributed by atoms with Gasteiger partial charge in [-0.1, -0.05) is 25.7 Å². The van der Waals surface area contributed by atoms with E-state index < -0.39 is 0 Å². The first-order chi connectivity index (χ1) is 8.92. The van der Waals surface area contributed by atoms with Crippen molar-refractivity contribution >= 4 is 5.91 Å². The number of hydrogen-bond acceptors (Lipinski definition) is 3. The molecule has 0 heterocycles. The van der Waals surface area contributed by atoms with Crippen LogP contribution < -0.4 is 10.6 Å². The molecular weight excluding hydrogens is 238 g/mol. The fourth-order valence-electron chi connectivity index (χ4n) is 2.20. The molecule has 1 saturated carbocycles. The lowest BCUT2D eigenvalue weighted by Crippen LogP contribution is -2.41. The molecule has 0 unspecified atom stereocenters. The topological polar surface area (TPSA) is 64.9 Å². The second-order valence-corrected chi connectivity index (χ2v) is 6.23. The number of nitrogens with zero attached hydrogens (tertiary/aromatic N) is 1. The molecule has 0 saturated heterocycles. The molecule has 0 aromatic rings. The van der Waals surface area contributed by atoms with Crippen LogP contribution in [0.2, 0.25) is 0 Å². The molecule has 19 heavy (non-hydrogen) atoms. The molecule has 0 spiro atoms. The van der Waals surface area contributed by atoms with Crippen LogP contribution in [-0.2, 0) is 4.79 Å². The van der Waals surface area contributed by atoms with Crippen LogP contribution in [-0.4, -0.2) is 17.5 Å². The molecule has 106 valence electrons.